The van der Waals surface area contributed by atoms with Crippen LogP contribution in [0.5, 0.6) is 0 Å². The molecule has 0 bridgehead atoms. The minimum absolute atomic E-state index is 0.853. The van der Waals surface area contributed by atoms with E-state index in [0.717, 1.165) is 5.33 Å². The van der Waals surface area contributed by atoms with Crippen molar-refractivity contribution in [3.05, 3.63) is 120 Å². The maximum atomic E-state index is 3.66. The average molecular weight is 487 g/mol. The number of benzene rings is 6. The van der Waals surface area contributed by atoms with Crippen LogP contribution in [0.4, 0.5) is 0 Å². The van der Waals surface area contributed by atoms with E-state index in [1.165, 1.54) is 65.7 Å². The summed E-state index contributed by atoms with van der Waals surface area (Å²) >= 11 is 3.66. The minimum atomic E-state index is 0.853. The first-order chi connectivity index (χ1) is 16.2. The summed E-state index contributed by atoms with van der Waals surface area (Å²) in [6.45, 7) is 2.18. The average Bonchev–Trinajstić information content (AvgIpc) is 2.88. The normalized spacial score (nSPS) is 11.5. The number of hydrogen-bond donors (Lipinski definition) is 0. The van der Waals surface area contributed by atoms with Crippen molar-refractivity contribution >= 4 is 48.2 Å². The lowest BCUT2D eigenvalue weighted by Gasteiger charge is -2.18. The molecule has 0 aliphatic rings. The van der Waals surface area contributed by atoms with E-state index in [2.05, 4.69) is 132 Å². The Morgan fingerprint density at radius 2 is 1.06 bits per heavy atom. The molecule has 33 heavy (non-hydrogen) atoms. The minimum Gasteiger partial charge on any atom is -0.0876 e. The molecule has 158 valence electrons. The van der Waals surface area contributed by atoms with Crippen molar-refractivity contribution in [2.24, 2.45) is 0 Å². The monoisotopic (exact) mass is 486 g/mol. The van der Waals surface area contributed by atoms with Crippen molar-refractivity contribution in [3.8, 4) is 22.3 Å². The second-order valence-electron chi connectivity index (χ2n) is 8.71. The van der Waals surface area contributed by atoms with Gasteiger partial charge in [-0.2, -0.15) is 0 Å². The molecule has 0 N–H and O–H groups in total. The Balaban J connectivity index is 1.86. The van der Waals surface area contributed by atoms with Gasteiger partial charge in [-0.15, -0.1) is 0 Å². The molecule has 0 aliphatic heterocycles. The lowest BCUT2D eigenvalue weighted by atomic mass is 9.86. The molecule has 6 aromatic rings. The second kappa shape index (κ2) is 8.17. The smallest absolute Gasteiger partial charge is 0.0283 e. The molecule has 0 atom stereocenters. The topological polar surface area (TPSA) is 0 Å². The summed E-state index contributed by atoms with van der Waals surface area (Å²) in [6.07, 6.45) is 0. The highest BCUT2D eigenvalue weighted by Gasteiger charge is 2.16. The van der Waals surface area contributed by atoms with E-state index < -0.39 is 0 Å². The van der Waals surface area contributed by atoms with Gasteiger partial charge in [-0.25, -0.2) is 0 Å². The van der Waals surface area contributed by atoms with Gasteiger partial charge in [0.05, 0.1) is 0 Å². The number of fused-ring (bicyclic) bond motifs is 6. The van der Waals surface area contributed by atoms with Crippen LogP contribution >= 0.6 is 15.9 Å². The molecule has 0 heterocycles. The molecule has 0 fully saturated rings. The molecule has 6 aromatic carbocycles. The van der Waals surface area contributed by atoms with Gasteiger partial charge in [0, 0.05) is 5.33 Å². The van der Waals surface area contributed by atoms with Crippen molar-refractivity contribution < 1.29 is 0 Å². The molecule has 0 aliphatic carbocycles. The first-order valence-corrected chi connectivity index (χ1v) is 12.5. The van der Waals surface area contributed by atoms with E-state index in [4.69, 9.17) is 0 Å². The van der Waals surface area contributed by atoms with Crippen LogP contribution in [0.2, 0.25) is 0 Å². The molecule has 6 rings (SSSR count). The number of alkyl halides is 1. The fourth-order valence-electron chi connectivity index (χ4n) is 5.24. The van der Waals surface area contributed by atoms with Gasteiger partial charge >= 0.3 is 0 Å². The Bertz CT molecular complexity index is 1640. The van der Waals surface area contributed by atoms with E-state index in [1.54, 1.807) is 0 Å². The molecular weight excluding hydrogens is 464 g/mol. The predicted molar refractivity (Wildman–Crippen MR) is 147 cm³/mol. The van der Waals surface area contributed by atoms with Gasteiger partial charge in [0.15, 0.2) is 0 Å². The number of halogens is 1. The Kier molecular flexibility index (Phi) is 5.00. The summed E-state index contributed by atoms with van der Waals surface area (Å²) in [6, 6.07) is 40.0. The van der Waals surface area contributed by atoms with Gasteiger partial charge in [-0.3, -0.25) is 0 Å². The fraction of sp³-hybridized carbons (Fsp3) is 0.0625. The summed E-state index contributed by atoms with van der Waals surface area (Å²) in [7, 11) is 0. The summed E-state index contributed by atoms with van der Waals surface area (Å²) in [5.74, 6) is 0. The zero-order valence-electron chi connectivity index (χ0n) is 18.5. The molecular formula is C32H23Br. The van der Waals surface area contributed by atoms with Crippen molar-refractivity contribution in [2.75, 3.05) is 0 Å². The Morgan fingerprint density at radius 3 is 1.67 bits per heavy atom. The van der Waals surface area contributed by atoms with Crippen LogP contribution in [0.25, 0.3) is 54.6 Å². The van der Waals surface area contributed by atoms with Crippen LogP contribution in [-0.2, 0) is 5.33 Å². The quantitative estimate of drug-likeness (QED) is 0.172. The van der Waals surface area contributed by atoms with Gasteiger partial charge in [0.2, 0.25) is 0 Å². The van der Waals surface area contributed by atoms with Gasteiger partial charge in [-0.1, -0.05) is 131 Å². The summed E-state index contributed by atoms with van der Waals surface area (Å²) in [4.78, 5) is 0. The summed E-state index contributed by atoms with van der Waals surface area (Å²) in [5.41, 5.74) is 7.68. The van der Waals surface area contributed by atoms with Crippen molar-refractivity contribution in [3.63, 3.8) is 0 Å². The largest absolute Gasteiger partial charge is 0.0876 e. The SMILES string of the molecule is Cc1cc(CBr)cc(-c2cccc3c4ccccc4c4cccc(-c5ccccc5)c4c23)c1. The van der Waals surface area contributed by atoms with Crippen LogP contribution in [0.3, 0.4) is 0 Å². The van der Waals surface area contributed by atoms with Crippen LogP contribution in [-0.4, -0.2) is 0 Å². The molecule has 0 radical (unpaired) electrons. The van der Waals surface area contributed by atoms with Crippen LogP contribution in [0, 0.1) is 6.92 Å². The molecule has 0 saturated carbocycles. The zero-order chi connectivity index (χ0) is 22.4. The molecule has 0 aromatic heterocycles. The van der Waals surface area contributed by atoms with E-state index >= 15 is 0 Å². The lowest BCUT2D eigenvalue weighted by molar-refractivity contribution is 1.37. The van der Waals surface area contributed by atoms with Gasteiger partial charge < -0.3 is 0 Å². The van der Waals surface area contributed by atoms with Crippen LogP contribution in [0.1, 0.15) is 11.1 Å². The zero-order valence-corrected chi connectivity index (χ0v) is 20.1. The number of rotatable bonds is 3. The third-order valence-corrected chi connectivity index (χ3v) is 7.22. The van der Waals surface area contributed by atoms with E-state index in [0.29, 0.717) is 0 Å². The molecule has 0 spiro atoms. The van der Waals surface area contributed by atoms with Crippen molar-refractivity contribution in [2.45, 2.75) is 12.3 Å². The van der Waals surface area contributed by atoms with E-state index in [9.17, 15) is 0 Å². The summed E-state index contributed by atoms with van der Waals surface area (Å²) in [5, 5.41) is 8.74. The predicted octanol–water partition coefficient (Wildman–Crippen LogP) is 9.68. The van der Waals surface area contributed by atoms with Crippen LogP contribution in [0.15, 0.2) is 109 Å². The Labute approximate surface area is 202 Å². The summed E-state index contributed by atoms with van der Waals surface area (Å²) < 4.78 is 0. The molecule has 1 heteroatoms. The Hall–Kier alpha value is -3.42. The van der Waals surface area contributed by atoms with Gasteiger partial charge in [0.1, 0.15) is 0 Å². The second-order valence-corrected chi connectivity index (χ2v) is 9.27. The maximum absolute atomic E-state index is 3.66. The molecule has 0 unspecified atom stereocenters. The third-order valence-electron chi connectivity index (χ3n) is 6.57. The van der Waals surface area contributed by atoms with Crippen molar-refractivity contribution in [1.82, 2.24) is 0 Å². The highest BCUT2D eigenvalue weighted by Crippen LogP contribution is 2.44. The molecule has 0 nitrogen and oxygen atoms in total. The van der Waals surface area contributed by atoms with Gasteiger partial charge in [-0.05, 0) is 67.1 Å². The maximum Gasteiger partial charge on any atom is 0.0283 e. The number of aryl methyl sites for hydroxylation is 1. The first-order valence-electron chi connectivity index (χ1n) is 11.3. The van der Waals surface area contributed by atoms with Gasteiger partial charge in [0.25, 0.3) is 0 Å². The third kappa shape index (κ3) is 3.35. The standard InChI is InChI=1S/C32H23Br/c1-21-17-22(20-33)19-24(18-21)26-14-8-16-30-28-12-6-5-11-27(28)29-15-7-13-25(31(29)32(26)30)23-9-3-2-4-10-23/h2-19H,20H2,1H3. The first kappa shape index (κ1) is 20.2. The molecule has 0 saturated heterocycles. The van der Waals surface area contributed by atoms with E-state index in [-0.39, 0.29) is 0 Å². The highest BCUT2D eigenvalue weighted by molar-refractivity contribution is 9.08. The number of hydrogen-bond acceptors (Lipinski definition) is 0. The fourth-order valence-corrected chi connectivity index (χ4v) is 5.56. The Morgan fingerprint density at radius 1 is 0.515 bits per heavy atom. The molecule has 0 amide bonds. The lowest BCUT2D eigenvalue weighted by Crippen LogP contribution is -1.91. The highest BCUT2D eigenvalue weighted by atomic mass is 79.9. The van der Waals surface area contributed by atoms with Crippen molar-refractivity contribution in [1.29, 1.82) is 0 Å². The van der Waals surface area contributed by atoms with Crippen LogP contribution < -0.4 is 0 Å². The van der Waals surface area contributed by atoms with E-state index in [1.807, 2.05) is 0 Å².